The van der Waals surface area contributed by atoms with Crippen LogP contribution < -0.4 is 4.72 Å². The molecule has 0 bridgehead atoms. The van der Waals surface area contributed by atoms with Gasteiger partial charge in [-0.25, -0.2) is 8.42 Å². The monoisotopic (exact) mass is 301 g/mol. The first-order chi connectivity index (χ1) is 8.67. The van der Waals surface area contributed by atoms with Crippen LogP contribution in [0.25, 0.3) is 0 Å². The van der Waals surface area contributed by atoms with Crippen LogP contribution >= 0.6 is 11.6 Å². The highest BCUT2D eigenvalue weighted by atomic mass is 35.5. The van der Waals surface area contributed by atoms with E-state index in [1.807, 2.05) is 0 Å². The van der Waals surface area contributed by atoms with E-state index in [4.69, 9.17) is 16.7 Å². The first kappa shape index (κ1) is 15.8. The summed E-state index contributed by atoms with van der Waals surface area (Å²) in [7, 11) is -3.55. The molecule has 6 heteroatoms. The zero-order valence-electron chi connectivity index (χ0n) is 11.0. The van der Waals surface area contributed by atoms with Gasteiger partial charge in [-0.1, -0.05) is 23.4 Å². The molecule has 2 N–H and O–H groups in total. The first-order valence-corrected chi connectivity index (χ1v) is 7.45. The van der Waals surface area contributed by atoms with Gasteiger partial charge in [0.15, 0.2) is 0 Å². The van der Waals surface area contributed by atoms with Gasteiger partial charge in [-0.2, -0.15) is 0 Å². The first-order valence-electron chi connectivity index (χ1n) is 5.59. The third kappa shape index (κ3) is 4.13. The quantitative estimate of drug-likeness (QED) is 0.823. The molecule has 0 unspecified atom stereocenters. The SMILES string of the molecule is CC(C)(C)S(=O)(=O)Nc1cc(Cl)ccc1C#CCO. The number of anilines is 1. The summed E-state index contributed by atoms with van der Waals surface area (Å²) in [5.41, 5.74) is 0.773. The molecule has 1 rings (SSSR count). The van der Waals surface area contributed by atoms with Gasteiger partial charge in [0.2, 0.25) is 10.0 Å². The highest BCUT2D eigenvalue weighted by Crippen LogP contribution is 2.25. The van der Waals surface area contributed by atoms with Gasteiger partial charge in [0.1, 0.15) is 6.61 Å². The van der Waals surface area contributed by atoms with Crippen LogP contribution in [0.5, 0.6) is 0 Å². The standard InChI is InChI=1S/C13H16ClNO3S/c1-13(2,3)19(17,18)15-12-9-11(14)7-6-10(12)5-4-8-16/h6-7,9,15-16H,8H2,1-3H3. The van der Waals surface area contributed by atoms with Crippen molar-refractivity contribution in [3.63, 3.8) is 0 Å². The van der Waals surface area contributed by atoms with Crippen molar-refractivity contribution in [2.75, 3.05) is 11.3 Å². The molecule has 0 heterocycles. The summed E-state index contributed by atoms with van der Waals surface area (Å²) in [6, 6.07) is 4.70. The van der Waals surface area contributed by atoms with E-state index in [9.17, 15) is 8.42 Å². The van der Waals surface area contributed by atoms with Crippen molar-refractivity contribution in [1.29, 1.82) is 0 Å². The highest BCUT2D eigenvalue weighted by molar-refractivity contribution is 7.94. The van der Waals surface area contributed by atoms with E-state index < -0.39 is 14.8 Å². The molecule has 0 aromatic heterocycles. The predicted octanol–water partition coefficient (Wildman–Crippen LogP) is 2.22. The summed E-state index contributed by atoms with van der Waals surface area (Å²) in [4.78, 5) is 0. The molecule has 0 saturated heterocycles. The van der Waals surface area contributed by atoms with Crippen molar-refractivity contribution >= 4 is 27.3 Å². The second-order valence-electron chi connectivity index (χ2n) is 4.87. The number of hydrogen-bond acceptors (Lipinski definition) is 3. The summed E-state index contributed by atoms with van der Waals surface area (Å²) >= 11 is 5.86. The summed E-state index contributed by atoms with van der Waals surface area (Å²) < 4.78 is 25.7. The Kier molecular flexibility index (Phi) is 4.86. The Morgan fingerprint density at radius 1 is 1.37 bits per heavy atom. The van der Waals surface area contributed by atoms with Crippen molar-refractivity contribution in [3.05, 3.63) is 28.8 Å². The van der Waals surface area contributed by atoms with Gasteiger partial charge in [0, 0.05) is 10.6 Å². The van der Waals surface area contributed by atoms with Gasteiger partial charge in [-0.3, -0.25) is 4.72 Å². The lowest BCUT2D eigenvalue weighted by atomic mass is 10.2. The number of halogens is 1. The van der Waals surface area contributed by atoms with E-state index in [-0.39, 0.29) is 6.61 Å². The third-order valence-corrected chi connectivity index (χ3v) is 4.67. The van der Waals surface area contributed by atoms with Crippen LogP contribution in [0.3, 0.4) is 0 Å². The molecule has 0 aliphatic heterocycles. The average Bonchev–Trinajstić information content (AvgIpc) is 2.26. The second kappa shape index (κ2) is 5.83. The molecule has 4 nitrogen and oxygen atoms in total. The summed E-state index contributed by atoms with van der Waals surface area (Å²) in [5.74, 6) is 5.16. The number of aliphatic hydroxyl groups is 1. The molecule has 0 aliphatic rings. The van der Waals surface area contributed by atoms with Gasteiger partial charge in [0.25, 0.3) is 0 Å². The largest absolute Gasteiger partial charge is 0.384 e. The van der Waals surface area contributed by atoms with Crippen LogP contribution in [0.4, 0.5) is 5.69 Å². The molecule has 0 atom stereocenters. The molecule has 0 spiro atoms. The van der Waals surface area contributed by atoms with Crippen molar-refractivity contribution in [1.82, 2.24) is 0 Å². The minimum Gasteiger partial charge on any atom is -0.384 e. The lowest BCUT2D eigenvalue weighted by molar-refractivity contribution is 0.350. The molecule has 19 heavy (non-hydrogen) atoms. The molecule has 104 valence electrons. The molecule has 0 amide bonds. The topological polar surface area (TPSA) is 66.4 Å². The Labute approximate surface area is 118 Å². The number of hydrogen-bond donors (Lipinski definition) is 2. The number of rotatable bonds is 2. The number of benzene rings is 1. The Bertz CT molecular complexity index is 622. The van der Waals surface area contributed by atoms with Crippen LogP contribution in [0.2, 0.25) is 5.02 Å². The van der Waals surface area contributed by atoms with Crippen molar-refractivity contribution in [2.45, 2.75) is 25.5 Å². The lowest BCUT2D eigenvalue weighted by Gasteiger charge is -2.21. The molecule has 0 fully saturated rings. The van der Waals surface area contributed by atoms with E-state index in [0.717, 1.165) is 0 Å². The maximum atomic E-state index is 12.1. The fourth-order valence-electron chi connectivity index (χ4n) is 1.14. The molecular formula is C13H16ClNO3S. The molecular weight excluding hydrogens is 286 g/mol. The number of sulfonamides is 1. The van der Waals surface area contributed by atoms with E-state index in [0.29, 0.717) is 16.3 Å². The van der Waals surface area contributed by atoms with Crippen LogP contribution in [-0.4, -0.2) is 24.9 Å². The highest BCUT2D eigenvalue weighted by Gasteiger charge is 2.29. The Morgan fingerprint density at radius 2 is 2.00 bits per heavy atom. The summed E-state index contributed by atoms with van der Waals surface area (Å²) in [6.45, 7) is 4.49. The maximum absolute atomic E-state index is 12.1. The Balaban J connectivity index is 3.24. The van der Waals surface area contributed by atoms with Gasteiger partial charge >= 0.3 is 0 Å². The normalized spacial score (nSPS) is 11.6. The second-order valence-corrected chi connectivity index (χ2v) is 7.74. The van der Waals surface area contributed by atoms with Crippen LogP contribution in [-0.2, 0) is 10.0 Å². The minimum atomic E-state index is -3.55. The smallest absolute Gasteiger partial charge is 0.237 e. The fourth-order valence-corrected chi connectivity index (χ4v) is 2.08. The molecule has 1 aromatic carbocycles. The van der Waals surface area contributed by atoms with Crippen LogP contribution in [0.1, 0.15) is 26.3 Å². The number of nitrogens with one attached hydrogen (secondary N) is 1. The van der Waals surface area contributed by atoms with Gasteiger partial charge in [-0.15, -0.1) is 0 Å². The Morgan fingerprint density at radius 3 is 2.53 bits per heavy atom. The maximum Gasteiger partial charge on any atom is 0.237 e. The predicted molar refractivity (Wildman–Crippen MR) is 77.7 cm³/mol. The van der Waals surface area contributed by atoms with E-state index >= 15 is 0 Å². The van der Waals surface area contributed by atoms with E-state index in [1.54, 1.807) is 32.9 Å². The van der Waals surface area contributed by atoms with E-state index in [2.05, 4.69) is 16.6 Å². The van der Waals surface area contributed by atoms with Crippen LogP contribution in [0, 0.1) is 11.8 Å². The molecule has 0 saturated carbocycles. The van der Waals surface area contributed by atoms with Crippen molar-refractivity contribution in [3.8, 4) is 11.8 Å². The third-order valence-electron chi connectivity index (χ3n) is 2.33. The lowest BCUT2D eigenvalue weighted by Crippen LogP contribution is -2.33. The Hall–Kier alpha value is -1.22. The molecule has 1 aromatic rings. The zero-order valence-corrected chi connectivity index (χ0v) is 12.6. The molecule has 0 radical (unpaired) electrons. The summed E-state index contributed by atoms with van der Waals surface area (Å²) in [6.07, 6.45) is 0. The van der Waals surface area contributed by atoms with Gasteiger partial charge < -0.3 is 5.11 Å². The van der Waals surface area contributed by atoms with Crippen molar-refractivity contribution in [2.24, 2.45) is 0 Å². The van der Waals surface area contributed by atoms with Gasteiger partial charge in [-0.05, 0) is 39.0 Å². The fraction of sp³-hybridized carbons (Fsp3) is 0.385. The van der Waals surface area contributed by atoms with E-state index in [1.165, 1.54) is 6.07 Å². The zero-order chi connectivity index (χ0) is 14.7. The van der Waals surface area contributed by atoms with Crippen molar-refractivity contribution < 1.29 is 13.5 Å². The van der Waals surface area contributed by atoms with Crippen LogP contribution in [0.15, 0.2) is 18.2 Å². The molecule has 0 aliphatic carbocycles. The number of aliphatic hydroxyl groups excluding tert-OH is 1. The summed E-state index contributed by atoms with van der Waals surface area (Å²) in [5, 5.41) is 9.10. The van der Waals surface area contributed by atoms with Gasteiger partial charge in [0.05, 0.1) is 10.4 Å². The minimum absolute atomic E-state index is 0.298. The average molecular weight is 302 g/mol.